The molecule has 0 radical (unpaired) electrons. The van der Waals surface area contributed by atoms with Gasteiger partial charge in [0.1, 0.15) is 5.69 Å². The number of carbonyl (C=O) groups is 1. The van der Waals surface area contributed by atoms with Crippen LogP contribution in [0, 0.1) is 0 Å². The average Bonchev–Trinajstić information content (AvgIpc) is 2.91. The maximum Gasteiger partial charge on any atom is 0.272 e. The van der Waals surface area contributed by atoms with Crippen LogP contribution in [0.2, 0.25) is 5.02 Å². The average molecular weight is 358 g/mol. The molecule has 4 nitrogen and oxygen atoms in total. The summed E-state index contributed by atoms with van der Waals surface area (Å²) < 4.78 is 0. The summed E-state index contributed by atoms with van der Waals surface area (Å²) in [6.45, 7) is 2.49. The van der Waals surface area contributed by atoms with Crippen LogP contribution in [0.5, 0.6) is 0 Å². The van der Waals surface area contributed by atoms with Crippen molar-refractivity contribution in [3.8, 4) is 0 Å². The van der Waals surface area contributed by atoms with E-state index in [1.165, 1.54) is 18.4 Å². The van der Waals surface area contributed by atoms with Crippen LogP contribution < -0.4 is 5.32 Å². The second-order valence-electron chi connectivity index (χ2n) is 6.45. The van der Waals surface area contributed by atoms with Crippen LogP contribution in [0.3, 0.4) is 0 Å². The number of aromatic nitrogens is 1. The van der Waals surface area contributed by atoms with E-state index in [4.69, 9.17) is 11.6 Å². The molecule has 0 saturated carbocycles. The number of hydrogen-bond donors (Lipinski definition) is 1. The second-order valence-corrected chi connectivity index (χ2v) is 6.88. The normalized spacial score (nSPS) is 14.8. The Labute approximate surface area is 154 Å². The minimum absolute atomic E-state index is 0.0485. The van der Waals surface area contributed by atoms with Crippen molar-refractivity contribution in [1.82, 2.24) is 9.88 Å². The Bertz CT molecular complexity index is 694. The van der Waals surface area contributed by atoms with Gasteiger partial charge in [0.05, 0.1) is 11.9 Å². The third kappa shape index (κ3) is 5.20. The highest BCUT2D eigenvalue weighted by molar-refractivity contribution is 6.30. The number of nitrogens with one attached hydrogen (secondary N) is 1. The summed E-state index contributed by atoms with van der Waals surface area (Å²) in [6, 6.07) is 11.6. The second kappa shape index (κ2) is 8.86. The van der Waals surface area contributed by atoms with Crippen molar-refractivity contribution in [2.45, 2.75) is 32.1 Å². The van der Waals surface area contributed by atoms with E-state index in [1.54, 1.807) is 6.20 Å². The lowest BCUT2D eigenvalue weighted by Crippen LogP contribution is -2.32. The highest BCUT2D eigenvalue weighted by Gasteiger charge is 2.18. The number of hydrogen-bond acceptors (Lipinski definition) is 3. The number of benzene rings is 1. The summed E-state index contributed by atoms with van der Waals surface area (Å²) in [5.74, 6) is 0.0485. The molecule has 1 N–H and O–H groups in total. The lowest BCUT2D eigenvalue weighted by Gasteiger charge is -2.19. The minimum atomic E-state index is 0.0485. The van der Waals surface area contributed by atoms with Crippen molar-refractivity contribution in [2.75, 3.05) is 25.0 Å². The molecule has 1 fully saturated rings. The number of likely N-dealkylation sites (tertiary alicyclic amines) is 1. The van der Waals surface area contributed by atoms with Crippen LogP contribution in [-0.4, -0.2) is 35.4 Å². The van der Waals surface area contributed by atoms with E-state index in [-0.39, 0.29) is 5.91 Å². The molecule has 1 aliphatic heterocycles. The van der Waals surface area contributed by atoms with Crippen molar-refractivity contribution in [2.24, 2.45) is 0 Å². The molecule has 0 aliphatic carbocycles. The molecule has 2 heterocycles. The maximum atomic E-state index is 12.5. The van der Waals surface area contributed by atoms with Crippen molar-refractivity contribution in [3.05, 3.63) is 58.9 Å². The SMILES string of the molecule is O=C(c1ccc(NCCc2cccc(Cl)c2)cn1)N1CCCCCC1. The standard InChI is InChI=1S/C20H24ClN3O/c21-17-7-5-6-16(14-17)10-11-22-18-8-9-19(23-15-18)20(25)24-12-3-1-2-4-13-24/h5-9,14-15,22H,1-4,10-13H2. The molecule has 1 amide bonds. The summed E-state index contributed by atoms with van der Waals surface area (Å²) in [7, 11) is 0. The van der Waals surface area contributed by atoms with Crippen LogP contribution in [0.4, 0.5) is 5.69 Å². The Morgan fingerprint density at radius 3 is 2.60 bits per heavy atom. The van der Waals surface area contributed by atoms with Crippen LogP contribution in [0.1, 0.15) is 41.7 Å². The molecule has 0 spiro atoms. The first-order valence-corrected chi connectivity index (χ1v) is 9.34. The Morgan fingerprint density at radius 1 is 1.12 bits per heavy atom. The molecular weight excluding hydrogens is 334 g/mol. The van der Waals surface area contributed by atoms with Gasteiger partial charge in [-0.2, -0.15) is 0 Å². The molecule has 1 aromatic heterocycles. The van der Waals surface area contributed by atoms with Gasteiger partial charge in [-0.25, -0.2) is 4.98 Å². The number of nitrogens with zero attached hydrogens (tertiary/aromatic N) is 2. The Hall–Kier alpha value is -2.07. The van der Waals surface area contributed by atoms with E-state index in [9.17, 15) is 4.79 Å². The summed E-state index contributed by atoms with van der Waals surface area (Å²) in [6.07, 6.45) is 7.24. The monoisotopic (exact) mass is 357 g/mol. The van der Waals surface area contributed by atoms with Gasteiger partial charge in [-0.15, -0.1) is 0 Å². The predicted octanol–water partition coefficient (Wildman–Crippen LogP) is 4.41. The van der Waals surface area contributed by atoms with Gasteiger partial charge in [0, 0.05) is 24.7 Å². The van der Waals surface area contributed by atoms with Crippen LogP contribution in [0.25, 0.3) is 0 Å². The highest BCUT2D eigenvalue weighted by Crippen LogP contribution is 2.14. The maximum absolute atomic E-state index is 12.5. The topological polar surface area (TPSA) is 45.2 Å². The van der Waals surface area contributed by atoms with Gasteiger partial charge in [0.15, 0.2) is 0 Å². The number of halogens is 1. The van der Waals surface area contributed by atoms with Gasteiger partial charge in [0.25, 0.3) is 5.91 Å². The van der Waals surface area contributed by atoms with Crippen molar-refractivity contribution in [1.29, 1.82) is 0 Å². The predicted molar refractivity (Wildman–Crippen MR) is 102 cm³/mol. The zero-order chi connectivity index (χ0) is 17.5. The molecule has 1 saturated heterocycles. The summed E-state index contributed by atoms with van der Waals surface area (Å²) in [5, 5.41) is 4.10. The van der Waals surface area contributed by atoms with Crippen LogP contribution in [0.15, 0.2) is 42.6 Å². The molecule has 25 heavy (non-hydrogen) atoms. The number of amides is 1. The number of pyridine rings is 1. The van der Waals surface area contributed by atoms with Crippen LogP contribution >= 0.6 is 11.6 Å². The Morgan fingerprint density at radius 2 is 1.92 bits per heavy atom. The van der Waals surface area contributed by atoms with Gasteiger partial charge < -0.3 is 10.2 Å². The summed E-state index contributed by atoms with van der Waals surface area (Å²) in [5.41, 5.74) is 2.65. The molecule has 132 valence electrons. The highest BCUT2D eigenvalue weighted by atomic mass is 35.5. The largest absolute Gasteiger partial charge is 0.383 e. The van der Waals surface area contributed by atoms with E-state index in [2.05, 4.69) is 16.4 Å². The molecule has 0 bridgehead atoms. The van der Waals surface area contributed by atoms with Gasteiger partial charge in [-0.1, -0.05) is 36.6 Å². The van der Waals surface area contributed by atoms with Gasteiger partial charge in [0.2, 0.25) is 0 Å². The van der Waals surface area contributed by atoms with Crippen molar-refractivity contribution in [3.63, 3.8) is 0 Å². The van der Waals surface area contributed by atoms with Crippen molar-refractivity contribution >= 4 is 23.2 Å². The molecule has 2 aromatic rings. The first kappa shape index (κ1) is 17.7. The Balaban J connectivity index is 1.52. The third-order valence-corrected chi connectivity index (χ3v) is 4.74. The fourth-order valence-electron chi connectivity index (χ4n) is 3.10. The zero-order valence-electron chi connectivity index (χ0n) is 14.4. The molecular formula is C20H24ClN3O. The van der Waals surface area contributed by atoms with E-state index >= 15 is 0 Å². The summed E-state index contributed by atoms with van der Waals surface area (Å²) >= 11 is 6.00. The van der Waals surface area contributed by atoms with Gasteiger partial charge >= 0.3 is 0 Å². The van der Waals surface area contributed by atoms with Gasteiger partial charge in [-0.05, 0) is 49.1 Å². The third-order valence-electron chi connectivity index (χ3n) is 4.51. The fourth-order valence-corrected chi connectivity index (χ4v) is 3.32. The Kier molecular flexibility index (Phi) is 6.29. The first-order chi connectivity index (χ1) is 12.2. The summed E-state index contributed by atoms with van der Waals surface area (Å²) in [4.78, 5) is 18.8. The van der Waals surface area contributed by atoms with E-state index in [1.807, 2.05) is 35.2 Å². The number of carbonyl (C=O) groups excluding carboxylic acids is 1. The molecule has 1 aliphatic rings. The fraction of sp³-hybridized carbons (Fsp3) is 0.400. The van der Waals surface area contributed by atoms with E-state index < -0.39 is 0 Å². The molecule has 5 heteroatoms. The molecule has 0 atom stereocenters. The zero-order valence-corrected chi connectivity index (χ0v) is 15.1. The minimum Gasteiger partial charge on any atom is -0.383 e. The van der Waals surface area contributed by atoms with E-state index in [0.29, 0.717) is 5.69 Å². The van der Waals surface area contributed by atoms with E-state index in [0.717, 1.165) is 49.6 Å². The lowest BCUT2D eigenvalue weighted by atomic mass is 10.1. The van der Waals surface area contributed by atoms with Gasteiger partial charge in [-0.3, -0.25) is 4.79 Å². The smallest absolute Gasteiger partial charge is 0.272 e. The van der Waals surface area contributed by atoms with Crippen LogP contribution in [-0.2, 0) is 6.42 Å². The number of rotatable bonds is 5. The lowest BCUT2D eigenvalue weighted by molar-refractivity contribution is 0.0756. The first-order valence-electron chi connectivity index (χ1n) is 8.96. The molecule has 1 aromatic carbocycles. The number of anilines is 1. The molecule has 0 unspecified atom stereocenters. The molecule has 3 rings (SSSR count). The quantitative estimate of drug-likeness (QED) is 0.862. The van der Waals surface area contributed by atoms with Crippen molar-refractivity contribution < 1.29 is 4.79 Å².